The van der Waals surface area contributed by atoms with Crippen LogP contribution in [0.25, 0.3) is 0 Å². The number of anilines is 1. The number of rotatable bonds is 5. The monoisotopic (exact) mass is 248 g/mol. The average molecular weight is 248 g/mol. The zero-order valence-corrected chi connectivity index (χ0v) is 9.98. The van der Waals surface area contributed by atoms with Gasteiger partial charge in [-0.15, -0.1) is 0 Å². The first-order valence-corrected chi connectivity index (χ1v) is 5.93. The molecule has 1 aromatic rings. The molecule has 0 saturated heterocycles. The normalized spacial score (nSPS) is 21.5. The predicted octanol–water partition coefficient (Wildman–Crippen LogP) is 1.09. The highest BCUT2D eigenvalue weighted by atomic mass is 16.4. The first-order valence-electron chi connectivity index (χ1n) is 5.93. The minimum absolute atomic E-state index is 0.0399. The third kappa shape index (κ3) is 1.97. The number of hydrogen-bond acceptors (Lipinski definition) is 3. The van der Waals surface area contributed by atoms with E-state index < -0.39 is 11.4 Å². The van der Waals surface area contributed by atoms with Gasteiger partial charge < -0.3 is 16.2 Å². The van der Waals surface area contributed by atoms with Gasteiger partial charge in [-0.2, -0.15) is 0 Å². The molecule has 1 atom stereocenters. The van der Waals surface area contributed by atoms with E-state index in [1.807, 2.05) is 24.3 Å². The first-order chi connectivity index (χ1) is 8.60. The second-order valence-electron chi connectivity index (χ2n) is 4.51. The maximum atomic E-state index is 12.2. The predicted molar refractivity (Wildman–Crippen MR) is 67.3 cm³/mol. The van der Waals surface area contributed by atoms with Gasteiger partial charge in [-0.3, -0.25) is 9.59 Å². The smallest absolute Gasteiger partial charge is 0.303 e. The van der Waals surface area contributed by atoms with Crippen LogP contribution in [0.5, 0.6) is 0 Å². The zero-order chi connectivity index (χ0) is 13.2. The van der Waals surface area contributed by atoms with Crippen molar-refractivity contribution in [3.63, 3.8) is 0 Å². The summed E-state index contributed by atoms with van der Waals surface area (Å²) < 4.78 is 0. The van der Waals surface area contributed by atoms with E-state index in [9.17, 15) is 9.59 Å². The third-order valence-corrected chi connectivity index (χ3v) is 3.46. The van der Waals surface area contributed by atoms with E-state index in [0.717, 1.165) is 11.3 Å². The van der Waals surface area contributed by atoms with Gasteiger partial charge in [0.25, 0.3) is 0 Å². The zero-order valence-electron chi connectivity index (χ0n) is 9.98. The molecule has 1 aromatic carbocycles. The van der Waals surface area contributed by atoms with Gasteiger partial charge in [-0.1, -0.05) is 18.2 Å². The lowest BCUT2D eigenvalue weighted by molar-refractivity contribution is -0.137. The molecule has 0 saturated carbocycles. The molecule has 1 heterocycles. The van der Waals surface area contributed by atoms with Gasteiger partial charge in [-0.05, 0) is 31.0 Å². The molecule has 2 rings (SSSR count). The summed E-state index contributed by atoms with van der Waals surface area (Å²) in [6.07, 6.45) is 0.702. The van der Waals surface area contributed by atoms with Crippen molar-refractivity contribution in [2.24, 2.45) is 5.73 Å². The SMILES string of the molecule is NCC[C@]1(CCC(=O)O)C(=O)Nc2ccccc21. The molecule has 0 radical (unpaired) electrons. The van der Waals surface area contributed by atoms with E-state index in [1.165, 1.54) is 0 Å². The average Bonchev–Trinajstić information content (AvgIpc) is 2.61. The lowest BCUT2D eigenvalue weighted by Crippen LogP contribution is -2.37. The highest BCUT2D eigenvalue weighted by Crippen LogP contribution is 2.43. The minimum atomic E-state index is -0.899. The number of carbonyl (C=O) groups excluding carboxylic acids is 1. The van der Waals surface area contributed by atoms with Crippen LogP contribution in [0.1, 0.15) is 24.8 Å². The van der Waals surface area contributed by atoms with Crippen LogP contribution in [-0.2, 0) is 15.0 Å². The van der Waals surface area contributed by atoms with Crippen molar-refractivity contribution in [3.05, 3.63) is 29.8 Å². The van der Waals surface area contributed by atoms with Crippen LogP contribution < -0.4 is 11.1 Å². The molecule has 4 N–H and O–H groups in total. The molecule has 0 aliphatic carbocycles. The van der Waals surface area contributed by atoms with Gasteiger partial charge in [0.2, 0.25) is 5.91 Å². The Kier molecular flexibility index (Phi) is 3.34. The molecule has 18 heavy (non-hydrogen) atoms. The summed E-state index contributed by atoms with van der Waals surface area (Å²) in [6.45, 7) is 0.349. The van der Waals surface area contributed by atoms with E-state index in [-0.39, 0.29) is 18.7 Å². The number of carboxylic acid groups (broad SMARTS) is 1. The summed E-state index contributed by atoms with van der Waals surface area (Å²) in [5, 5.41) is 11.6. The number of nitrogens with one attached hydrogen (secondary N) is 1. The van der Waals surface area contributed by atoms with Gasteiger partial charge >= 0.3 is 5.97 Å². The van der Waals surface area contributed by atoms with Crippen molar-refractivity contribution >= 4 is 17.6 Å². The number of fused-ring (bicyclic) bond motifs is 1. The number of carbonyl (C=O) groups is 2. The molecule has 0 bridgehead atoms. The van der Waals surface area contributed by atoms with E-state index >= 15 is 0 Å². The van der Waals surface area contributed by atoms with Gasteiger partial charge in [0.1, 0.15) is 0 Å². The van der Waals surface area contributed by atoms with Crippen molar-refractivity contribution < 1.29 is 14.7 Å². The van der Waals surface area contributed by atoms with Crippen molar-refractivity contribution in [1.29, 1.82) is 0 Å². The van der Waals surface area contributed by atoms with Crippen LogP contribution >= 0.6 is 0 Å². The van der Waals surface area contributed by atoms with Gasteiger partial charge in [0.15, 0.2) is 0 Å². The standard InChI is InChI=1S/C13H16N2O3/c14-8-7-13(6-5-11(16)17)9-3-1-2-4-10(9)15-12(13)18/h1-4H,5-8,14H2,(H,15,18)(H,16,17)/t13-/m0/s1. The highest BCUT2D eigenvalue weighted by Gasteiger charge is 2.45. The maximum Gasteiger partial charge on any atom is 0.303 e. The summed E-state index contributed by atoms with van der Waals surface area (Å²) >= 11 is 0. The summed E-state index contributed by atoms with van der Waals surface area (Å²) in [6, 6.07) is 7.39. The minimum Gasteiger partial charge on any atom is -0.481 e. The molecule has 0 spiro atoms. The lowest BCUT2D eigenvalue weighted by Gasteiger charge is -2.26. The number of carboxylic acids is 1. The largest absolute Gasteiger partial charge is 0.481 e. The van der Waals surface area contributed by atoms with Crippen LogP contribution in [-0.4, -0.2) is 23.5 Å². The van der Waals surface area contributed by atoms with Crippen LogP contribution in [0.4, 0.5) is 5.69 Å². The van der Waals surface area contributed by atoms with Crippen LogP contribution in [0.2, 0.25) is 0 Å². The number of hydrogen-bond donors (Lipinski definition) is 3. The maximum absolute atomic E-state index is 12.2. The molecule has 96 valence electrons. The molecule has 1 amide bonds. The van der Waals surface area contributed by atoms with Gasteiger partial charge in [-0.25, -0.2) is 0 Å². The molecule has 5 nitrogen and oxygen atoms in total. The fraction of sp³-hybridized carbons (Fsp3) is 0.385. The van der Waals surface area contributed by atoms with Crippen molar-refractivity contribution in [2.75, 3.05) is 11.9 Å². The fourth-order valence-corrected chi connectivity index (χ4v) is 2.56. The fourth-order valence-electron chi connectivity index (χ4n) is 2.56. The Bertz CT molecular complexity index is 487. The number of aliphatic carboxylic acids is 1. The molecule has 0 fully saturated rings. The van der Waals surface area contributed by atoms with Crippen LogP contribution in [0.3, 0.4) is 0 Å². The highest BCUT2D eigenvalue weighted by molar-refractivity contribution is 6.06. The molecule has 1 aliphatic heterocycles. The third-order valence-electron chi connectivity index (χ3n) is 3.46. The Hall–Kier alpha value is -1.88. The van der Waals surface area contributed by atoms with Crippen molar-refractivity contribution in [2.45, 2.75) is 24.7 Å². The molecule has 5 heteroatoms. The number of amides is 1. The number of benzene rings is 1. The van der Waals surface area contributed by atoms with Crippen LogP contribution in [0.15, 0.2) is 24.3 Å². The lowest BCUT2D eigenvalue weighted by atomic mass is 9.75. The van der Waals surface area contributed by atoms with E-state index in [1.54, 1.807) is 0 Å². The molecule has 1 aliphatic rings. The quantitative estimate of drug-likeness (QED) is 0.727. The number of para-hydroxylation sites is 1. The summed E-state index contributed by atoms with van der Waals surface area (Å²) in [7, 11) is 0. The Morgan fingerprint density at radius 2 is 2.06 bits per heavy atom. The van der Waals surface area contributed by atoms with Crippen molar-refractivity contribution in [1.82, 2.24) is 0 Å². The molecular weight excluding hydrogens is 232 g/mol. The summed E-state index contributed by atoms with van der Waals surface area (Å²) in [5.41, 5.74) is 6.43. The summed E-state index contributed by atoms with van der Waals surface area (Å²) in [5.74, 6) is -1.04. The second kappa shape index (κ2) is 4.78. The van der Waals surface area contributed by atoms with Crippen LogP contribution in [0, 0.1) is 0 Å². The van der Waals surface area contributed by atoms with E-state index in [4.69, 9.17) is 10.8 Å². The number of nitrogens with two attached hydrogens (primary N) is 1. The molecule has 0 unspecified atom stereocenters. The van der Waals surface area contributed by atoms with Gasteiger partial charge in [0, 0.05) is 12.1 Å². The molecule has 0 aromatic heterocycles. The summed E-state index contributed by atoms with van der Waals surface area (Å²) in [4.78, 5) is 23.0. The Morgan fingerprint density at radius 1 is 1.33 bits per heavy atom. The van der Waals surface area contributed by atoms with E-state index in [0.29, 0.717) is 13.0 Å². The van der Waals surface area contributed by atoms with E-state index in [2.05, 4.69) is 5.32 Å². The Balaban J connectivity index is 2.39. The Labute approximate surface area is 105 Å². The van der Waals surface area contributed by atoms with Crippen molar-refractivity contribution in [3.8, 4) is 0 Å². The topological polar surface area (TPSA) is 92.4 Å². The molecular formula is C13H16N2O3. The second-order valence-corrected chi connectivity index (χ2v) is 4.51. The Morgan fingerprint density at radius 3 is 2.72 bits per heavy atom. The first kappa shape index (κ1) is 12.6. The van der Waals surface area contributed by atoms with Gasteiger partial charge in [0.05, 0.1) is 5.41 Å².